The fraction of sp³-hybridized carbons (Fsp3) is 0.103. The minimum Gasteiger partial charge on any atom is -0.545 e. The Bertz CT molecular complexity index is 1240. The second-order valence-electron chi connectivity index (χ2n) is 7.79. The Kier molecular flexibility index (Phi) is 9.23. The number of rotatable bonds is 8. The Balaban J connectivity index is 0.00000324. The molecular formula is C29H24NNaO3. The number of amides is 1. The van der Waals surface area contributed by atoms with Gasteiger partial charge in [0.15, 0.2) is 0 Å². The Hall–Kier alpha value is -3.18. The van der Waals surface area contributed by atoms with Crippen LogP contribution < -0.4 is 39.6 Å². The number of aromatic carboxylic acids is 1. The van der Waals surface area contributed by atoms with Crippen LogP contribution in [0.4, 0.5) is 5.69 Å². The predicted octanol–water partition coefficient (Wildman–Crippen LogP) is 1.89. The molecule has 4 aromatic carbocycles. The van der Waals surface area contributed by atoms with Crippen LogP contribution in [0.5, 0.6) is 0 Å². The van der Waals surface area contributed by atoms with Gasteiger partial charge in [-0.15, -0.1) is 0 Å². The van der Waals surface area contributed by atoms with Gasteiger partial charge in [-0.1, -0.05) is 97.1 Å². The normalized spacial score (nSPS) is 10.2. The fourth-order valence-electron chi connectivity index (χ4n) is 3.95. The maximum Gasteiger partial charge on any atom is 1.00 e. The topological polar surface area (TPSA) is 60.4 Å². The summed E-state index contributed by atoms with van der Waals surface area (Å²) in [6.45, 7) is 0.329. The number of hydrogen-bond acceptors (Lipinski definition) is 3. The molecule has 4 rings (SSSR count). The van der Waals surface area contributed by atoms with E-state index in [0.717, 1.165) is 22.4 Å². The Morgan fingerprint density at radius 2 is 1.24 bits per heavy atom. The molecular weight excluding hydrogens is 433 g/mol. The van der Waals surface area contributed by atoms with Gasteiger partial charge in [0.1, 0.15) is 0 Å². The average molecular weight is 458 g/mol. The Morgan fingerprint density at radius 1 is 0.676 bits per heavy atom. The van der Waals surface area contributed by atoms with Gasteiger partial charge < -0.3 is 14.8 Å². The van der Waals surface area contributed by atoms with Crippen molar-refractivity contribution in [3.8, 4) is 11.1 Å². The van der Waals surface area contributed by atoms with Gasteiger partial charge in [0.25, 0.3) is 0 Å². The maximum absolute atomic E-state index is 13.4. The van der Waals surface area contributed by atoms with Crippen LogP contribution in [0.1, 0.15) is 27.9 Å². The molecule has 0 heterocycles. The monoisotopic (exact) mass is 457 g/mol. The van der Waals surface area contributed by atoms with Crippen LogP contribution in [-0.4, -0.2) is 11.9 Å². The largest absolute Gasteiger partial charge is 1.00 e. The third-order valence-electron chi connectivity index (χ3n) is 5.62. The first-order chi connectivity index (χ1) is 16.1. The number of carbonyl (C=O) groups excluding carboxylic acids is 2. The summed E-state index contributed by atoms with van der Waals surface area (Å²) in [5, 5.41) is 11.7. The number of anilines is 1. The van der Waals surface area contributed by atoms with Crippen molar-refractivity contribution in [2.75, 3.05) is 4.90 Å². The van der Waals surface area contributed by atoms with Gasteiger partial charge in [-0.3, -0.25) is 4.79 Å². The van der Waals surface area contributed by atoms with Crippen LogP contribution in [-0.2, 0) is 17.8 Å². The van der Waals surface area contributed by atoms with Crippen LogP contribution in [0, 0.1) is 0 Å². The Labute approximate surface area is 222 Å². The fourth-order valence-corrected chi connectivity index (χ4v) is 3.95. The number of hydrogen-bond donors (Lipinski definition) is 0. The van der Waals surface area contributed by atoms with Crippen molar-refractivity contribution in [3.63, 3.8) is 0 Å². The molecule has 34 heavy (non-hydrogen) atoms. The molecule has 0 aliphatic rings. The number of carboxylic acids is 1. The second kappa shape index (κ2) is 12.3. The molecule has 164 valence electrons. The first-order valence-electron chi connectivity index (χ1n) is 10.9. The molecule has 1 amide bonds. The van der Waals surface area contributed by atoms with Gasteiger partial charge in [0, 0.05) is 17.7 Å². The van der Waals surface area contributed by atoms with E-state index in [0.29, 0.717) is 24.9 Å². The minimum absolute atomic E-state index is 0. The molecule has 4 aromatic rings. The van der Waals surface area contributed by atoms with Crippen LogP contribution in [0.25, 0.3) is 11.1 Å². The summed E-state index contributed by atoms with van der Waals surface area (Å²) >= 11 is 0. The van der Waals surface area contributed by atoms with Crippen LogP contribution in [0.15, 0.2) is 109 Å². The zero-order chi connectivity index (χ0) is 23.0. The number of para-hydroxylation sites is 1. The number of benzene rings is 4. The summed E-state index contributed by atoms with van der Waals surface area (Å²) in [7, 11) is 0. The second-order valence-corrected chi connectivity index (χ2v) is 7.79. The standard InChI is InChI=1S/C29H25NO3.Na/c31-28(20-19-22-11-3-1-4-12-22)30(24-14-5-2-6-15-24)21-23-13-7-8-16-25(23)26-17-9-10-18-27(26)29(32)33;/h1-18H,19-21H2,(H,32,33);/q;+1/p-1. The number of nitrogens with zero attached hydrogens (tertiary/aromatic N) is 1. The van der Waals surface area contributed by atoms with Crippen molar-refractivity contribution in [2.45, 2.75) is 19.4 Å². The molecule has 0 aliphatic heterocycles. The van der Waals surface area contributed by atoms with Crippen molar-refractivity contribution in [1.82, 2.24) is 0 Å². The van der Waals surface area contributed by atoms with Gasteiger partial charge in [-0.05, 0) is 40.8 Å². The van der Waals surface area contributed by atoms with Crippen LogP contribution in [0.2, 0.25) is 0 Å². The third-order valence-corrected chi connectivity index (χ3v) is 5.62. The minimum atomic E-state index is -1.22. The van der Waals surface area contributed by atoms with Crippen molar-refractivity contribution >= 4 is 17.6 Å². The van der Waals surface area contributed by atoms with E-state index in [9.17, 15) is 14.7 Å². The summed E-state index contributed by atoms with van der Waals surface area (Å²) in [6.07, 6.45) is 1.02. The molecule has 0 N–H and O–H groups in total. The summed E-state index contributed by atoms with van der Waals surface area (Å²) in [5.41, 5.74) is 4.27. The average Bonchev–Trinajstić information content (AvgIpc) is 2.87. The zero-order valence-electron chi connectivity index (χ0n) is 19.2. The van der Waals surface area contributed by atoms with Crippen molar-refractivity contribution in [2.24, 2.45) is 0 Å². The van der Waals surface area contributed by atoms with E-state index in [-0.39, 0.29) is 41.0 Å². The molecule has 0 fully saturated rings. The number of carboxylic acid groups (broad SMARTS) is 1. The molecule has 0 saturated heterocycles. The first kappa shape index (κ1) is 25.4. The van der Waals surface area contributed by atoms with E-state index in [1.807, 2.05) is 84.9 Å². The van der Waals surface area contributed by atoms with Gasteiger partial charge in [0.2, 0.25) is 5.91 Å². The van der Waals surface area contributed by atoms with Crippen molar-refractivity contribution < 1.29 is 44.3 Å². The van der Waals surface area contributed by atoms with E-state index in [2.05, 4.69) is 0 Å². The van der Waals surface area contributed by atoms with Crippen molar-refractivity contribution in [3.05, 3.63) is 126 Å². The molecule has 0 unspecified atom stereocenters. The molecule has 0 aliphatic carbocycles. The quantitative estimate of drug-likeness (QED) is 0.380. The molecule has 0 aromatic heterocycles. The molecule has 0 radical (unpaired) electrons. The molecule has 0 spiro atoms. The SMILES string of the molecule is O=C([O-])c1ccccc1-c1ccccc1CN(C(=O)CCc1ccccc1)c1ccccc1.[Na+]. The van der Waals surface area contributed by atoms with E-state index < -0.39 is 5.97 Å². The predicted molar refractivity (Wildman–Crippen MR) is 129 cm³/mol. The van der Waals surface area contributed by atoms with E-state index >= 15 is 0 Å². The third kappa shape index (κ3) is 6.23. The van der Waals surface area contributed by atoms with E-state index in [4.69, 9.17) is 0 Å². The summed E-state index contributed by atoms with van der Waals surface area (Å²) in [6, 6.07) is 33.9. The van der Waals surface area contributed by atoms with E-state index in [1.165, 1.54) is 0 Å². The molecule has 0 atom stereocenters. The van der Waals surface area contributed by atoms with Gasteiger partial charge in [-0.25, -0.2) is 0 Å². The molecule has 0 saturated carbocycles. The molecule has 0 bridgehead atoms. The maximum atomic E-state index is 13.4. The van der Waals surface area contributed by atoms with Crippen molar-refractivity contribution in [1.29, 1.82) is 0 Å². The Morgan fingerprint density at radius 3 is 1.91 bits per heavy atom. The van der Waals surface area contributed by atoms with Gasteiger partial charge in [-0.2, -0.15) is 0 Å². The summed E-state index contributed by atoms with van der Waals surface area (Å²) in [4.78, 5) is 26.8. The summed E-state index contributed by atoms with van der Waals surface area (Å²) < 4.78 is 0. The van der Waals surface area contributed by atoms with Crippen LogP contribution in [0.3, 0.4) is 0 Å². The molecule has 5 heteroatoms. The number of aryl methyl sites for hydroxylation is 1. The van der Waals surface area contributed by atoms with Crippen LogP contribution >= 0.6 is 0 Å². The van der Waals surface area contributed by atoms with Gasteiger partial charge in [0.05, 0.1) is 12.5 Å². The molecule has 4 nitrogen and oxygen atoms in total. The number of carbonyl (C=O) groups is 2. The van der Waals surface area contributed by atoms with Gasteiger partial charge >= 0.3 is 29.6 Å². The first-order valence-corrected chi connectivity index (χ1v) is 10.9. The van der Waals surface area contributed by atoms with E-state index in [1.54, 1.807) is 29.2 Å². The smallest absolute Gasteiger partial charge is 0.545 e. The summed E-state index contributed by atoms with van der Waals surface area (Å²) in [5.74, 6) is -1.22. The zero-order valence-corrected chi connectivity index (χ0v) is 21.2.